The van der Waals surface area contributed by atoms with Crippen LogP contribution in [0.4, 0.5) is 0 Å². The van der Waals surface area contributed by atoms with Crippen molar-refractivity contribution in [2.75, 3.05) is 6.61 Å². The van der Waals surface area contributed by atoms with E-state index in [1.54, 1.807) is 0 Å². The topological polar surface area (TPSA) is 314 Å². The fourth-order valence-corrected chi connectivity index (χ4v) is 4.35. The standard InChI is InChI=1S/C14H23NO18S2.3Na/c1-3(17)15-5-6(18)8(32-34(23,24)25)4(2-16)29-14(5)31-9-7(19)10(33-35(26,27)28)13(22)30-11(9)12(20)21;;;/h4-11,13-14,16,18-19,22H,2H2,1H3,(H,15,17)(H,20,21)(H,23,24,25)(H,26,27,28);;;/q;3*+1/p-3/t4-,5-,6-,7+,8+,9+,10-,11-,13+,14+;;;/m1.../s1. The van der Waals surface area contributed by atoms with Crippen LogP contribution in [0.15, 0.2) is 4.99 Å². The number of hydrogen-bond donors (Lipinski definition) is 5. The van der Waals surface area contributed by atoms with Crippen molar-refractivity contribution in [2.45, 2.75) is 68.3 Å². The number of ether oxygens (including phenoxy) is 3. The molecule has 2 heterocycles. The van der Waals surface area contributed by atoms with E-state index >= 15 is 0 Å². The Balaban J connectivity index is 0. The van der Waals surface area contributed by atoms with Gasteiger partial charge in [-0.3, -0.25) is 13.7 Å². The second kappa shape index (κ2) is 16.9. The molecule has 204 valence electrons. The predicted octanol–water partition coefficient (Wildman–Crippen LogP) is -16.5. The van der Waals surface area contributed by atoms with Crippen molar-refractivity contribution in [1.82, 2.24) is 0 Å². The Hall–Kier alpha value is 1.40. The quantitative estimate of drug-likeness (QED) is 0.0523. The summed E-state index contributed by atoms with van der Waals surface area (Å²) in [5.74, 6) is -3.16. The number of aliphatic carboxylic acids is 1. The van der Waals surface area contributed by atoms with E-state index in [-0.39, 0.29) is 88.7 Å². The molecule has 19 nitrogen and oxygen atoms in total. The maximum atomic E-state index is 11.5. The second-order valence-corrected chi connectivity index (χ2v) is 9.23. The van der Waals surface area contributed by atoms with Crippen LogP contribution < -0.4 is 98.9 Å². The molecular formula is C14H20NNa3O18S2. The summed E-state index contributed by atoms with van der Waals surface area (Å²) in [5, 5.41) is 63.2. The van der Waals surface area contributed by atoms with Crippen LogP contribution in [0.3, 0.4) is 0 Å². The summed E-state index contributed by atoms with van der Waals surface area (Å²) in [6.45, 7) is -0.276. The van der Waals surface area contributed by atoms with Crippen LogP contribution in [0.5, 0.6) is 0 Å². The Morgan fingerprint density at radius 3 is 1.92 bits per heavy atom. The van der Waals surface area contributed by atoms with Gasteiger partial charge in [0.15, 0.2) is 18.7 Å². The molecule has 0 aliphatic carbocycles. The predicted molar refractivity (Wildman–Crippen MR) is 96.4 cm³/mol. The van der Waals surface area contributed by atoms with Gasteiger partial charge in [0, 0.05) is 0 Å². The van der Waals surface area contributed by atoms with E-state index in [4.69, 9.17) is 14.0 Å². The molecule has 0 amide bonds. The number of aliphatic imine (C=N–C) groups is 1. The second-order valence-electron chi connectivity index (χ2n) is 7.17. The van der Waals surface area contributed by atoms with Gasteiger partial charge >= 0.3 is 99.1 Å². The molecule has 0 unspecified atom stereocenters. The van der Waals surface area contributed by atoms with Crippen molar-refractivity contribution in [1.29, 1.82) is 0 Å². The molecule has 0 spiro atoms. The van der Waals surface area contributed by atoms with Crippen molar-refractivity contribution < 1.29 is 173 Å². The van der Waals surface area contributed by atoms with Crippen LogP contribution in [0.2, 0.25) is 0 Å². The average molecular weight is 623 g/mol. The molecule has 0 saturated carbocycles. The van der Waals surface area contributed by atoms with Crippen LogP contribution in [0.1, 0.15) is 6.92 Å². The molecule has 5 N–H and O–H groups in total. The van der Waals surface area contributed by atoms with Crippen molar-refractivity contribution in [3.8, 4) is 0 Å². The minimum Gasteiger partial charge on any atom is -0.862 e. The Morgan fingerprint density at radius 2 is 1.50 bits per heavy atom. The first-order chi connectivity index (χ1) is 15.9. The van der Waals surface area contributed by atoms with E-state index in [1.807, 2.05) is 0 Å². The Morgan fingerprint density at radius 1 is 0.947 bits per heavy atom. The first-order valence-corrected chi connectivity index (χ1v) is 12.0. The van der Waals surface area contributed by atoms with Gasteiger partial charge in [-0.15, -0.1) is 0 Å². The van der Waals surface area contributed by atoms with Gasteiger partial charge in [0.1, 0.15) is 42.7 Å². The van der Waals surface area contributed by atoms with E-state index in [9.17, 15) is 56.8 Å². The zero-order valence-corrected chi connectivity index (χ0v) is 27.9. The molecule has 0 aromatic heterocycles. The third kappa shape index (κ3) is 11.6. The molecule has 38 heavy (non-hydrogen) atoms. The summed E-state index contributed by atoms with van der Waals surface area (Å²) in [6.07, 6.45) is -20.3. The molecule has 2 aliphatic rings. The number of carbonyl (C=O) groups excluding carboxylic acids is 1. The summed E-state index contributed by atoms with van der Waals surface area (Å²) in [4.78, 5) is 14.9. The van der Waals surface area contributed by atoms with Gasteiger partial charge in [-0.25, -0.2) is 12.6 Å². The van der Waals surface area contributed by atoms with Crippen molar-refractivity contribution >= 4 is 32.7 Å². The van der Waals surface area contributed by atoms with E-state index < -0.39 is 101 Å². The van der Waals surface area contributed by atoms with Crippen LogP contribution in [0.25, 0.3) is 0 Å². The summed E-state index contributed by atoms with van der Waals surface area (Å²) >= 11 is 0. The fraction of sp³-hybridized carbons (Fsp3) is 0.857. The summed E-state index contributed by atoms with van der Waals surface area (Å²) in [7, 11) is -10.8. The SMILES string of the molecule is CC([O-])=N[C@H]1[C@H](O[C@H]2[C@H](O)[C@@H](OS(=O)(=O)O)[C@@H](O)O[C@H]2C(=O)[O-])O[C@H](CO)[C@H](OS(=O)(=O)[O-])[C@@H]1O.[Na+].[Na+].[Na+]. The molecule has 2 rings (SSSR count). The normalized spacial score (nSPS) is 36.2. The summed E-state index contributed by atoms with van der Waals surface area (Å²) in [5.41, 5.74) is 0. The number of rotatable bonds is 9. The van der Waals surface area contributed by atoms with Gasteiger partial charge < -0.3 is 54.2 Å². The molecule has 0 aromatic rings. The minimum absolute atomic E-state index is 0. The monoisotopic (exact) mass is 623 g/mol. The molecular weight excluding hydrogens is 603 g/mol. The molecule has 2 fully saturated rings. The zero-order valence-electron chi connectivity index (χ0n) is 20.3. The van der Waals surface area contributed by atoms with E-state index in [2.05, 4.69) is 18.1 Å². The average Bonchev–Trinajstić information content (AvgIpc) is 2.69. The number of carboxylic acids is 1. The number of aliphatic hydroxyl groups excluding tert-OH is 4. The van der Waals surface area contributed by atoms with Gasteiger partial charge in [0.05, 0.1) is 12.6 Å². The first kappa shape index (κ1) is 41.5. The smallest absolute Gasteiger partial charge is 0.862 e. The van der Waals surface area contributed by atoms with Crippen molar-refractivity contribution in [3.63, 3.8) is 0 Å². The summed E-state index contributed by atoms with van der Waals surface area (Å²) < 4.78 is 87.0. The van der Waals surface area contributed by atoms with E-state index in [0.29, 0.717) is 0 Å². The van der Waals surface area contributed by atoms with Crippen LogP contribution in [0, 0.1) is 0 Å². The van der Waals surface area contributed by atoms with Gasteiger partial charge in [-0.05, 0) is 12.8 Å². The molecule has 10 atom stereocenters. The molecule has 0 radical (unpaired) electrons. The van der Waals surface area contributed by atoms with Gasteiger partial charge in [-0.2, -0.15) is 8.42 Å². The Bertz CT molecular complexity index is 1010. The third-order valence-corrected chi connectivity index (χ3v) is 5.60. The van der Waals surface area contributed by atoms with Crippen LogP contribution in [-0.4, -0.2) is 126 Å². The summed E-state index contributed by atoms with van der Waals surface area (Å²) in [6, 6.07) is -1.98. The maximum absolute atomic E-state index is 11.5. The van der Waals surface area contributed by atoms with Gasteiger partial charge in [0.2, 0.25) is 10.4 Å². The molecule has 0 bridgehead atoms. The Labute approximate surface area is 282 Å². The number of aliphatic hydroxyl groups is 4. The van der Waals surface area contributed by atoms with E-state index in [0.717, 1.165) is 6.92 Å². The largest absolute Gasteiger partial charge is 1.00 e. The van der Waals surface area contributed by atoms with Crippen LogP contribution >= 0.6 is 0 Å². The first-order valence-electron chi connectivity index (χ1n) is 9.28. The number of carbonyl (C=O) groups is 1. The molecule has 0 aromatic carbocycles. The fourth-order valence-electron chi connectivity index (χ4n) is 3.35. The van der Waals surface area contributed by atoms with Crippen molar-refractivity contribution in [3.05, 3.63) is 0 Å². The van der Waals surface area contributed by atoms with E-state index in [1.165, 1.54) is 0 Å². The molecule has 2 aliphatic heterocycles. The van der Waals surface area contributed by atoms with Crippen LogP contribution in [-0.2, 0) is 48.2 Å². The number of hydrogen-bond acceptors (Lipinski definition) is 18. The maximum Gasteiger partial charge on any atom is 1.00 e. The Kier molecular flexibility index (Phi) is 18.5. The minimum atomic E-state index is -5.50. The number of carboxylic acid groups (broad SMARTS) is 1. The van der Waals surface area contributed by atoms with Crippen molar-refractivity contribution in [2.24, 2.45) is 4.99 Å². The van der Waals surface area contributed by atoms with Gasteiger partial charge in [0.25, 0.3) is 0 Å². The van der Waals surface area contributed by atoms with Gasteiger partial charge in [-0.1, -0.05) is 0 Å². The third-order valence-electron chi connectivity index (χ3n) is 4.68. The number of nitrogens with zero attached hydrogens (tertiary/aromatic N) is 1. The zero-order chi connectivity index (χ0) is 26.9. The molecule has 2 saturated heterocycles. The molecule has 24 heteroatoms.